The van der Waals surface area contributed by atoms with E-state index in [2.05, 4.69) is 4.37 Å². The molecule has 0 atom stereocenters. The van der Waals surface area contributed by atoms with Crippen LogP contribution in [0.5, 0.6) is 5.75 Å². The van der Waals surface area contributed by atoms with Gasteiger partial charge in [-0.25, -0.2) is 9.18 Å². The predicted molar refractivity (Wildman–Crippen MR) is 57.9 cm³/mol. The number of hydrogen-bond donors (Lipinski definition) is 1. The maximum Gasteiger partial charge on any atom is 0.363 e. The van der Waals surface area contributed by atoms with Crippen LogP contribution in [-0.2, 0) is 0 Å². The average Bonchev–Trinajstić information content (AvgIpc) is 2.68. The number of benzene rings is 1. The summed E-state index contributed by atoms with van der Waals surface area (Å²) in [7, 11) is 0. The summed E-state index contributed by atoms with van der Waals surface area (Å²) in [5.74, 6) is -1.45. The molecule has 1 aromatic carbocycles. The second-order valence-corrected chi connectivity index (χ2v) is 3.77. The van der Waals surface area contributed by atoms with E-state index in [1.807, 2.05) is 0 Å². The number of nitrogens with two attached hydrogens (primary N) is 1. The van der Waals surface area contributed by atoms with Crippen molar-refractivity contribution in [2.75, 3.05) is 5.73 Å². The number of nitrogens with zero attached hydrogens (tertiary/aromatic N) is 1. The molecule has 16 heavy (non-hydrogen) atoms. The number of hydrogen-bond acceptors (Lipinski definition) is 5. The van der Waals surface area contributed by atoms with E-state index >= 15 is 0 Å². The molecule has 0 saturated carbocycles. The number of rotatable bonds is 2. The van der Waals surface area contributed by atoms with Gasteiger partial charge >= 0.3 is 5.97 Å². The number of carbonyl (C=O) groups is 1. The van der Waals surface area contributed by atoms with Gasteiger partial charge in [0.1, 0.15) is 5.00 Å². The number of para-hydroxylation sites is 1. The van der Waals surface area contributed by atoms with Crippen LogP contribution in [0.2, 0.25) is 0 Å². The van der Waals surface area contributed by atoms with Crippen molar-refractivity contribution in [3.05, 3.63) is 41.8 Å². The Hall–Kier alpha value is -1.95. The number of aromatic nitrogens is 1. The van der Waals surface area contributed by atoms with Gasteiger partial charge in [-0.05, 0) is 23.7 Å². The Balaban J connectivity index is 2.17. The van der Waals surface area contributed by atoms with Crippen molar-refractivity contribution in [3.8, 4) is 5.75 Å². The lowest BCUT2D eigenvalue weighted by molar-refractivity contribution is 0.0723. The van der Waals surface area contributed by atoms with E-state index in [-0.39, 0.29) is 11.4 Å². The SMILES string of the molecule is Nc1cc(C(=O)Oc2ccccc2F)ns1. The van der Waals surface area contributed by atoms with Gasteiger partial charge in [0.05, 0.1) is 0 Å². The molecule has 2 N–H and O–H groups in total. The van der Waals surface area contributed by atoms with Crippen LogP contribution >= 0.6 is 11.5 Å². The highest BCUT2D eigenvalue weighted by molar-refractivity contribution is 7.10. The molecule has 82 valence electrons. The Morgan fingerprint density at radius 1 is 1.44 bits per heavy atom. The molecule has 2 aromatic rings. The van der Waals surface area contributed by atoms with Gasteiger partial charge in [-0.2, -0.15) is 4.37 Å². The van der Waals surface area contributed by atoms with E-state index in [1.54, 1.807) is 6.07 Å². The fourth-order valence-electron chi connectivity index (χ4n) is 1.07. The average molecular weight is 238 g/mol. The molecule has 0 aliphatic heterocycles. The Morgan fingerprint density at radius 2 is 2.19 bits per heavy atom. The van der Waals surface area contributed by atoms with Crippen LogP contribution < -0.4 is 10.5 Å². The first kappa shape index (κ1) is 10.6. The summed E-state index contributed by atoms with van der Waals surface area (Å²) in [4.78, 5) is 11.5. The lowest BCUT2D eigenvalue weighted by Crippen LogP contribution is -2.09. The van der Waals surface area contributed by atoms with Crippen molar-refractivity contribution >= 4 is 22.5 Å². The van der Waals surface area contributed by atoms with Gasteiger partial charge in [-0.3, -0.25) is 0 Å². The zero-order valence-electron chi connectivity index (χ0n) is 8.01. The third-order valence-corrected chi connectivity index (χ3v) is 2.39. The van der Waals surface area contributed by atoms with Crippen LogP contribution in [0.15, 0.2) is 30.3 Å². The lowest BCUT2D eigenvalue weighted by Gasteiger charge is -2.02. The third kappa shape index (κ3) is 2.17. The molecule has 0 amide bonds. The number of ether oxygens (including phenoxy) is 1. The third-order valence-electron chi connectivity index (χ3n) is 1.78. The van der Waals surface area contributed by atoms with E-state index < -0.39 is 11.8 Å². The van der Waals surface area contributed by atoms with Gasteiger partial charge in [0.15, 0.2) is 17.3 Å². The molecule has 0 aliphatic rings. The smallest absolute Gasteiger partial charge is 0.363 e. The molecule has 0 unspecified atom stereocenters. The maximum absolute atomic E-state index is 13.2. The van der Waals surface area contributed by atoms with Crippen molar-refractivity contribution in [3.63, 3.8) is 0 Å². The molecule has 0 bridgehead atoms. The number of halogens is 1. The summed E-state index contributed by atoms with van der Waals surface area (Å²) in [6, 6.07) is 7.03. The number of esters is 1. The highest BCUT2D eigenvalue weighted by Crippen LogP contribution is 2.18. The minimum atomic E-state index is -0.724. The van der Waals surface area contributed by atoms with Gasteiger partial charge in [0.25, 0.3) is 0 Å². The molecular weight excluding hydrogens is 231 g/mol. The van der Waals surface area contributed by atoms with E-state index in [0.29, 0.717) is 5.00 Å². The zero-order valence-corrected chi connectivity index (χ0v) is 8.83. The van der Waals surface area contributed by atoms with Gasteiger partial charge in [0.2, 0.25) is 0 Å². The Labute approximate surface area is 94.6 Å². The fourth-order valence-corrected chi connectivity index (χ4v) is 1.56. The summed E-state index contributed by atoms with van der Waals surface area (Å²) in [5, 5.41) is 0.403. The molecular formula is C10H7FN2O2S. The molecule has 2 rings (SSSR count). The van der Waals surface area contributed by atoms with Crippen LogP contribution in [0.25, 0.3) is 0 Å². The van der Waals surface area contributed by atoms with Crippen LogP contribution in [-0.4, -0.2) is 10.3 Å². The molecule has 0 radical (unpaired) electrons. The molecule has 1 aromatic heterocycles. The summed E-state index contributed by atoms with van der Waals surface area (Å²) in [6.45, 7) is 0. The van der Waals surface area contributed by atoms with Crippen molar-refractivity contribution in [1.29, 1.82) is 0 Å². The summed E-state index contributed by atoms with van der Waals surface area (Å²) < 4.78 is 21.7. The van der Waals surface area contributed by atoms with Gasteiger partial charge < -0.3 is 10.5 Å². The van der Waals surface area contributed by atoms with Crippen molar-refractivity contribution in [1.82, 2.24) is 4.37 Å². The first-order chi connectivity index (χ1) is 7.66. The van der Waals surface area contributed by atoms with E-state index in [0.717, 1.165) is 11.5 Å². The molecule has 4 nitrogen and oxygen atoms in total. The molecule has 1 heterocycles. The lowest BCUT2D eigenvalue weighted by atomic mass is 10.3. The van der Waals surface area contributed by atoms with Crippen LogP contribution in [0, 0.1) is 5.82 Å². The second kappa shape index (κ2) is 4.28. The predicted octanol–water partition coefficient (Wildman–Crippen LogP) is 2.08. The normalized spacial score (nSPS) is 10.1. The molecule has 0 fully saturated rings. The standard InChI is InChI=1S/C10H7FN2O2S/c11-6-3-1-2-4-8(6)15-10(14)7-5-9(12)16-13-7/h1-5H,12H2. The minimum Gasteiger partial charge on any atom is -0.419 e. The number of carbonyl (C=O) groups excluding carboxylic acids is 1. The molecule has 0 spiro atoms. The van der Waals surface area contributed by atoms with Gasteiger partial charge in [-0.15, -0.1) is 0 Å². The summed E-state index contributed by atoms with van der Waals surface area (Å²) in [5.41, 5.74) is 5.49. The van der Waals surface area contributed by atoms with Gasteiger partial charge in [-0.1, -0.05) is 12.1 Å². The van der Waals surface area contributed by atoms with Crippen LogP contribution in [0.1, 0.15) is 10.5 Å². The zero-order chi connectivity index (χ0) is 11.5. The Bertz CT molecular complexity index is 527. The monoisotopic (exact) mass is 238 g/mol. The maximum atomic E-state index is 13.2. The molecule has 6 heteroatoms. The quantitative estimate of drug-likeness (QED) is 0.642. The summed E-state index contributed by atoms with van der Waals surface area (Å²) >= 11 is 0.981. The number of anilines is 1. The van der Waals surface area contributed by atoms with E-state index in [1.165, 1.54) is 24.3 Å². The Kier molecular flexibility index (Phi) is 2.82. The molecule has 0 saturated heterocycles. The highest BCUT2D eigenvalue weighted by Gasteiger charge is 2.14. The topological polar surface area (TPSA) is 65.2 Å². The first-order valence-corrected chi connectivity index (χ1v) is 5.13. The van der Waals surface area contributed by atoms with Gasteiger partial charge in [0, 0.05) is 6.07 Å². The second-order valence-electron chi connectivity index (χ2n) is 2.93. The molecule has 0 aliphatic carbocycles. The van der Waals surface area contributed by atoms with E-state index in [9.17, 15) is 9.18 Å². The van der Waals surface area contributed by atoms with Crippen molar-refractivity contribution < 1.29 is 13.9 Å². The first-order valence-electron chi connectivity index (χ1n) is 4.36. The highest BCUT2D eigenvalue weighted by atomic mass is 32.1. The van der Waals surface area contributed by atoms with Crippen LogP contribution in [0.3, 0.4) is 0 Å². The van der Waals surface area contributed by atoms with Crippen molar-refractivity contribution in [2.45, 2.75) is 0 Å². The summed E-state index contributed by atoms with van der Waals surface area (Å²) in [6.07, 6.45) is 0. The van der Waals surface area contributed by atoms with Crippen molar-refractivity contribution in [2.24, 2.45) is 0 Å². The fraction of sp³-hybridized carbons (Fsp3) is 0. The van der Waals surface area contributed by atoms with E-state index in [4.69, 9.17) is 10.5 Å². The number of nitrogen functional groups attached to an aromatic ring is 1. The Morgan fingerprint density at radius 3 is 2.81 bits per heavy atom. The minimum absolute atomic E-state index is 0.0748. The largest absolute Gasteiger partial charge is 0.419 e. The van der Waals surface area contributed by atoms with Crippen LogP contribution in [0.4, 0.5) is 9.39 Å².